The number of methoxy groups -OCH3 is 1. The number of hydrogen-bond acceptors (Lipinski definition) is 14. The van der Waals surface area contributed by atoms with Gasteiger partial charge in [-0.2, -0.15) is 0 Å². The van der Waals surface area contributed by atoms with Crippen LogP contribution in [-0.2, 0) is 67.0 Å². The second-order valence-corrected chi connectivity index (χ2v) is 33.5. The SMILES string of the molecule is CCC(CC)[C@H]1C(=O)N(C)[C@H](C(=O)N(C)C)CC(=O)N(C)[C@@H](COC)C(=O)N[C@@H]([C@@H](C)CC)C(=O)N(C2CC2)CC(=O)N(C)[C@H]2C/C=C\CCN(C2=O)[C@@H](CC2CCCCC2)C(=O)N(C)CC(=O)N[C@@H](CCC2CCC(Cl)C(Cl)C2)C(=O)N2C[C@H](OC(C)C)C[C@H]2C(=O)NC2(CC(C)(C)C2)C(=O)N1C. The molecule has 6 fully saturated rings. The molecule has 3 N–H and O–H groups in total. The van der Waals surface area contributed by atoms with E-state index in [1.54, 1.807) is 11.8 Å². The van der Waals surface area contributed by atoms with E-state index in [4.69, 9.17) is 32.7 Å². The van der Waals surface area contributed by atoms with E-state index in [0.29, 0.717) is 64.2 Å². The van der Waals surface area contributed by atoms with E-state index in [0.717, 1.165) is 43.4 Å². The monoisotopic (exact) mass is 1500 g/mol. The molecule has 104 heavy (non-hydrogen) atoms. The number of ether oxygens (including phenoxy) is 2. The molecule has 1 spiro atoms. The van der Waals surface area contributed by atoms with E-state index < -0.39 is 168 Å². The molecule has 0 aromatic rings. The van der Waals surface area contributed by atoms with Gasteiger partial charge >= 0.3 is 0 Å². The fraction of sp³-hybridized carbons (Fsp3) is 0.816. The number of halogens is 2. The highest BCUT2D eigenvalue weighted by Crippen LogP contribution is 2.50. The van der Waals surface area contributed by atoms with Crippen LogP contribution in [-0.4, -0.2) is 287 Å². The second kappa shape index (κ2) is 37.6. The summed E-state index contributed by atoms with van der Waals surface area (Å²) in [5.41, 5.74) is -2.10. The quantitative estimate of drug-likeness (QED) is 0.123. The first-order chi connectivity index (χ1) is 49.0. The predicted octanol–water partition coefficient (Wildman–Crippen LogP) is 5.72. The average Bonchev–Trinajstić information content (AvgIpc) is 1.08. The van der Waals surface area contributed by atoms with Gasteiger partial charge in [0.05, 0.1) is 37.2 Å². The van der Waals surface area contributed by atoms with Crippen molar-refractivity contribution in [2.75, 3.05) is 89.2 Å². The Balaban J connectivity index is 1.34. The number of rotatable bonds is 16. The molecule has 3 heterocycles. The molecule has 4 aliphatic carbocycles. The van der Waals surface area contributed by atoms with Crippen LogP contribution in [0.15, 0.2) is 12.2 Å². The topological polar surface area (TPSA) is 289 Å². The normalized spacial score (nSPS) is 30.8. The van der Waals surface area contributed by atoms with Crippen molar-refractivity contribution in [3.63, 3.8) is 0 Å². The number of carbonyl (C=O) groups excluding carboxylic acids is 12. The van der Waals surface area contributed by atoms with Gasteiger partial charge in [-0.15, -0.1) is 23.2 Å². The lowest BCUT2D eigenvalue weighted by atomic mass is 9.58. The summed E-state index contributed by atoms with van der Waals surface area (Å²) in [7, 11) is 11.6. The number of nitrogens with one attached hydrogen (secondary N) is 3. The van der Waals surface area contributed by atoms with E-state index in [-0.39, 0.29) is 86.5 Å². The minimum Gasteiger partial charge on any atom is -0.382 e. The summed E-state index contributed by atoms with van der Waals surface area (Å²) in [5.74, 6) is -8.26. The van der Waals surface area contributed by atoms with Crippen molar-refractivity contribution in [3.05, 3.63) is 12.2 Å². The number of carbonyl (C=O) groups is 12. The van der Waals surface area contributed by atoms with E-state index in [1.165, 1.54) is 90.7 Å². The first-order valence-electron chi connectivity index (χ1n) is 38.5. The van der Waals surface area contributed by atoms with Crippen LogP contribution in [0.4, 0.5) is 0 Å². The summed E-state index contributed by atoms with van der Waals surface area (Å²) in [6.45, 7) is 13.8. The minimum atomic E-state index is -1.61. The molecule has 0 aromatic heterocycles. The highest BCUT2D eigenvalue weighted by Gasteiger charge is 2.59. The zero-order chi connectivity index (χ0) is 77.0. The number of nitrogens with zero attached hydrogens (tertiary/aromatic N) is 9. The van der Waals surface area contributed by atoms with Crippen LogP contribution in [0.25, 0.3) is 0 Å². The van der Waals surface area contributed by atoms with Gasteiger partial charge in [0.25, 0.3) is 0 Å². The van der Waals surface area contributed by atoms with Gasteiger partial charge in [0.15, 0.2) is 0 Å². The van der Waals surface area contributed by atoms with Gasteiger partial charge in [-0.1, -0.05) is 105 Å². The highest BCUT2D eigenvalue weighted by molar-refractivity contribution is 6.30. The number of likely N-dealkylation sites (N-methyl/N-ethyl adjacent to an activating group) is 6. The van der Waals surface area contributed by atoms with Crippen molar-refractivity contribution in [1.82, 2.24) is 60.0 Å². The Bertz CT molecular complexity index is 3080. The molecule has 7 aliphatic rings. The Hall–Kier alpha value is -6.12. The highest BCUT2D eigenvalue weighted by atomic mass is 35.5. The minimum absolute atomic E-state index is 0.0334. The van der Waals surface area contributed by atoms with Crippen LogP contribution in [0.1, 0.15) is 197 Å². The Kier molecular flexibility index (Phi) is 30.8. The number of fused-ring (bicyclic) bond motifs is 3. The van der Waals surface area contributed by atoms with Crippen LogP contribution in [0, 0.1) is 29.1 Å². The zero-order valence-corrected chi connectivity index (χ0v) is 66.6. The Morgan fingerprint density at radius 3 is 1.90 bits per heavy atom. The van der Waals surface area contributed by atoms with Crippen molar-refractivity contribution in [3.8, 4) is 0 Å². The van der Waals surface area contributed by atoms with Gasteiger partial charge in [-0.05, 0) is 120 Å². The van der Waals surface area contributed by atoms with Gasteiger partial charge in [-0.3, -0.25) is 57.5 Å². The average molecular weight is 1500 g/mol. The smallest absolute Gasteiger partial charge is 0.248 e. The Morgan fingerprint density at radius 1 is 0.654 bits per heavy atom. The molecule has 586 valence electrons. The number of hydrogen-bond donors (Lipinski definition) is 3. The molecule has 4 saturated carbocycles. The third-order valence-corrected chi connectivity index (χ3v) is 24.5. The maximum Gasteiger partial charge on any atom is 0.248 e. The van der Waals surface area contributed by atoms with Crippen LogP contribution in [0.3, 0.4) is 0 Å². The fourth-order valence-corrected chi connectivity index (χ4v) is 17.6. The summed E-state index contributed by atoms with van der Waals surface area (Å²) in [4.78, 5) is 195. The van der Waals surface area contributed by atoms with Crippen molar-refractivity contribution in [2.24, 2.45) is 29.1 Å². The van der Waals surface area contributed by atoms with Gasteiger partial charge in [0.2, 0.25) is 70.9 Å². The molecule has 0 radical (unpaired) electrons. The second-order valence-electron chi connectivity index (χ2n) is 32.4. The molecule has 2 saturated heterocycles. The molecule has 0 aromatic carbocycles. The summed E-state index contributed by atoms with van der Waals surface area (Å²) in [5, 5.41) is 8.51. The third-order valence-electron chi connectivity index (χ3n) is 23.4. The molecule has 3 aliphatic heterocycles. The standard InChI is InChI=1S/C76H124Cl2N12O14/c1-17-47(6)64-72(100)89(51-31-32-51)42-63(93)84(12)56-28-24-21-25-35-88(71(56)99)59(37-48-26-22-20-23-27-48)70(98)83(11)41-61(91)79-55(34-30-49-29-33-53(77)54(78)36-49)68(96)90-40-52(104-46(4)5)38-57(90)67(95)81-76(44-75(7,8)45-76)74(102)87(15)65(50(18-2)19-3)73(101)86(14)58(69(97)82(9)10)39-62(92)85(13)60(43-103-16)66(94)80-64/h21,24,46-60,64-65H,17-20,22-23,25-45H2,1-16H3,(H,79,91)(H,80,94)(H,81,95)/b24-21-/t47-,49?,52+,53?,54?,55-,56-,57-,58-,59-,60-,64-,65-/m0/s1. The zero-order valence-electron chi connectivity index (χ0n) is 65.1. The molecule has 3 unspecified atom stereocenters. The van der Waals surface area contributed by atoms with Crippen molar-refractivity contribution in [2.45, 2.75) is 280 Å². The number of amides is 12. The lowest BCUT2D eigenvalue weighted by molar-refractivity contribution is -0.161. The van der Waals surface area contributed by atoms with Crippen molar-refractivity contribution in [1.29, 1.82) is 0 Å². The molecule has 13 atom stereocenters. The van der Waals surface area contributed by atoms with E-state index in [2.05, 4.69) is 16.0 Å². The van der Waals surface area contributed by atoms with Crippen LogP contribution in [0.5, 0.6) is 0 Å². The first kappa shape index (κ1) is 85.1. The molecule has 26 nitrogen and oxygen atoms in total. The predicted molar refractivity (Wildman–Crippen MR) is 396 cm³/mol. The summed E-state index contributed by atoms with van der Waals surface area (Å²) in [6, 6.07) is -10.3. The van der Waals surface area contributed by atoms with Gasteiger partial charge < -0.3 is 69.5 Å². The van der Waals surface area contributed by atoms with Crippen molar-refractivity contribution < 1.29 is 67.0 Å². The molecular weight excluding hydrogens is 1380 g/mol. The Labute approximate surface area is 628 Å². The molecular formula is C76H124Cl2N12O14. The molecule has 12 amide bonds. The lowest BCUT2D eigenvalue weighted by Gasteiger charge is -2.54. The summed E-state index contributed by atoms with van der Waals surface area (Å²) >= 11 is 13.4. The van der Waals surface area contributed by atoms with Crippen LogP contribution >= 0.6 is 23.2 Å². The maximum absolute atomic E-state index is 15.8. The molecule has 28 heteroatoms. The van der Waals surface area contributed by atoms with Gasteiger partial charge in [-0.25, -0.2) is 0 Å². The van der Waals surface area contributed by atoms with Crippen LogP contribution in [0.2, 0.25) is 0 Å². The number of alkyl halides is 2. The largest absolute Gasteiger partial charge is 0.382 e. The van der Waals surface area contributed by atoms with E-state index in [9.17, 15) is 24.0 Å². The van der Waals surface area contributed by atoms with Crippen molar-refractivity contribution >= 4 is 94.1 Å². The van der Waals surface area contributed by atoms with Gasteiger partial charge in [0.1, 0.15) is 60.4 Å². The first-order valence-corrected chi connectivity index (χ1v) is 39.3. The molecule has 7 rings (SSSR count). The maximum atomic E-state index is 15.8. The summed E-state index contributed by atoms with van der Waals surface area (Å²) in [6.07, 6.45) is 12.7. The van der Waals surface area contributed by atoms with E-state index >= 15 is 33.6 Å². The third kappa shape index (κ3) is 21.0. The van der Waals surface area contributed by atoms with Gasteiger partial charge in [0, 0.05) is 87.4 Å². The fourth-order valence-electron chi connectivity index (χ4n) is 17.0. The summed E-state index contributed by atoms with van der Waals surface area (Å²) < 4.78 is 11.9. The lowest BCUT2D eigenvalue weighted by Crippen LogP contribution is -2.71. The van der Waals surface area contributed by atoms with Crippen LogP contribution < -0.4 is 16.0 Å². The Morgan fingerprint density at radius 2 is 1.32 bits per heavy atom. The van der Waals surface area contributed by atoms with E-state index in [1.807, 2.05) is 60.6 Å². The molecule has 2 bridgehead atoms.